The fourth-order valence-corrected chi connectivity index (χ4v) is 3.05. The second-order valence-electron chi connectivity index (χ2n) is 5.22. The summed E-state index contributed by atoms with van der Waals surface area (Å²) in [6, 6.07) is 6.81. The lowest BCUT2D eigenvalue weighted by Crippen LogP contribution is -2.55. The number of nitrogens with one attached hydrogen (secondary N) is 1. The van der Waals surface area contributed by atoms with E-state index in [-0.39, 0.29) is 11.7 Å². The van der Waals surface area contributed by atoms with E-state index in [0.717, 1.165) is 38.2 Å². The fraction of sp³-hybridized carbons (Fsp3) is 0.533. The Morgan fingerprint density at radius 1 is 1.35 bits per heavy atom. The van der Waals surface area contributed by atoms with Crippen LogP contribution in [-0.2, 0) is 10.3 Å². The summed E-state index contributed by atoms with van der Waals surface area (Å²) in [4.78, 5) is 14.4. The monoisotopic (exact) mass is 277 g/mol. The largest absolute Gasteiger partial charge is 0.508 e. The standard InChI is InChI=1S/C15H23N3O2/c1-2-15(14(16)20,12-4-6-13(19)7-5-12)18-10-3-8-17-9-11-18/h4-7,17,19H,2-3,8-11H2,1H3,(H2,16,20). The zero-order chi connectivity index (χ0) is 14.6. The van der Waals surface area contributed by atoms with Crippen LogP contribution in [0, 0.1) is 0 Å². The lowest BCUT2D eigenvalue weighted by Gasteiger charge is -2.41. The molecule has 0 spiro atoms. The predicted molar refractivity (Wildman–Crippen MR) is 78.3 cm³/mol. The molecule has 1 heterocycles. The predicted octanol–water partition coefficient (Wildman–Crippen LogP) is 0.778. The van der Waals surface area contributed by atoms with Gasteiger partial charge in [-0.05, 0) is 37.1 Å². The van der Waals surface area contributed by atoms with Crippen LogP contribution >= 0.6 is 0 Å². The number of phenols is 1. The van der Waals surface area contributed by atoms with Gasteiger partial charge in [-0.15, -0.1) is 0 Å². The smallest absolute Gasteiger partial charge is 0.242 e. The van der Waals surface area contributed by atoms with Crippen LogP contribution in [0.3, 0.4) is 0 Å². The highest BCUT2D eigenvalue weighted by Gasteiger charge is 2.42. The molecule has 5 nitrogen and oxygen atoms in total. The molecular formula is C15H23N3O2. The van der Waals surface area contributed by atoms with Gasteiger partial charge in [0.2, 0.25) is 5.91 Å². The zero-order valence-electron chi connectivity index (χ0n) is 11.9. The van der Waals surface area contributed by atoms with E-state index < -0.39 is 5.54 Å². The van der Waals surface area contributed by atoms with Gasteiger partial charge in [-0.2, -0.15) is 0 Å². The van der Waals surface area contributed by atoms with Crippen molar-refractivity contribution in [1.82, 2.24) is 10.2 Å². The van der Waals surface area contributed by atoms with E-state index in [1.165, 1.54) is 0 Å². The molecule has 4 N–H and O–H groups in total. The van der Waals surface area contributed by atoms with E-state index in [1.54, 1.807) is 24.3 Å². The number of carbonyl (C=O) groups excluding carboxylic acids is 1. The molecule has 1 aliphatic heterocycles. The molecule has 1 amide bonds. The Hall–Kier alpha value is -1.59. The number of primary amides is 1. The minimum atomic E-state index is -0.792. The molecule has 2 rings (SSSR count). The van der Waals surface area contributed by atoms with Gasteiger partial charge in [0, 0.05) is 19.6 Å². The minimum Gasteiger partial charge on any atom is -0.508 e. The molecule has 1 fully saturated rings. The van der Waals surface area contributed by atoms with E-state index in [1.807, 2.05) is 6.92 Å². The van der Waals surface area contributed by atoms with Crippen molar-refractivity contribution in [3.05, 3.63) is 29.8 Å². The molecule has 0 saturated carbocycles. The van der Waals surface area contributed by atoms with E-state index >= 15 is 0 Å². The Morgan fingerprint density at radius 2 is 2.05 bits per heavy atom. The summed E-state index contributed by atoms with van der Waals surface area (Å²) in [5, 5.41) is 12.8. The van der Waals surface area contributed by atoms with Crippen LogP contribution in [0.1, 0.15) is 25.3 Å². The molecule has 0 aliphatic carbocycles. The summed E-state index contributed by atoms with van der Waals surface area (Å²) < 4.78 is 0. The van der Waals surface area contributed by atoms with E-state index in [0.29, 0.717) is 6.42 Å². The number of hydrogen-bond acceptors (Lipinski definition) is 4. The van der Waals surface area contributed by atoms with E-state index in [4.69, 9.17) is 5.73 Å². The molecule has 1 aliphatic rings. The first kappa shape index (κ1) is 14.8. The van der Waals surface area contributed by atoms with Crippen LogP contribution in [-0.4, -0.2) is 42.1 Å². The third-order valence-corrected chi connectivity index (χ3v) is 4.14. The highest BCUT2D eigenvalue weighted by atomic mass is 16.3. The van der Waals surface area contributed by atoms with E-state index in [2.05, 4.69) is 10.2 Å². The second kappa shape index (κ2) is 6.24. The minimum absolute atomic E-state index is 0.195. The molecule has 5 heteroatoms. The molecule has 1 aromatic carbocycles. The van der Waals surface area contributed by atoms with E-state index in [9.17, 15) is 9.90 Å². The van der Waals surface area contributed by atoms with Crippen molar-refractivity contribution >= 4 is 5.91 Å². The van der Waals surface area contributed by atoms with Crippen molar-refractivity contribution < 1.29 is 9.90 Å². The van der Waals surface area contributed by atoms with Crippen LogP contribution in [0.15, 0.2) is 24.3 Å². The van der Waals surface area contributed by atoms with Crippen LogP contribution < -0.4 is 11.1 Å². The highest BCUT2D eigenvalue weighted by Crippen LogP contribution is 2.33. The molecule has 20 heavy (non-hydrogen) atoms. The second-order valence-corrected chi connectivity index (χ2v) is 5.22. The van der Waals surface area contributed by atoms with Crippen molar-refractivity contribution in [3.63, 3.8) is 0 Å². The lowest BCUT2D eigenvalue weighted by atomic mass is 9.84. The molecule has 110 valence electrons. The number of carbonyl (C=O) groups is 1. The Labute approximate surface area is 119 Å². The maximum atomic E-state index is 12.2. The van der Waals surface area contributed by atoms with Gasteiger partial charge in [0.15, 0.2) is 0 Å². The van der Waals surface area contributed by atoms with Crippen LogP contribution in [0.2, 0.25) is 0 Å². The van der Waals surface area contributed by atoms with Crippen LogP contribution in [0.25, 0.3) is 0 Å². The van der Waals surface area contributed by atoms with Crippen LogP contribution in [0.4, 0.5) is 0 Å². The molecular weight excluding hydrogens is 254 g/mol. The average Bonchev–Trinajstić information content (AvgIpc) is 2.71. The number of hydrogen-bond donors (Lipinski definition) is 3. The van der Waals surface area contributed by atoms with Gasteiger partial charge in [0.1, 0.15) is 11.3 Å². The lowest BCUT2D eigenvalue weighted by molar-refractivity contribution is -0.131. The summed E-state index contributed by atoms with van der Waals surface area (Å²) in [6.07, 6.45) is 1.61. The highest BCUT2D eigenvalue weighted by molar-refractivity contribution is 5.86. The van der Waals surface area contributed by atoms with Gasteiger partial charge in [0.05, 0.1) is 0 Å². The topological polar surface area (TPSA) is 78.6 Å². The quantitative estimate of drug-likeness (QED) is 0.760. The Bertz CT molecular complexity index is 453. The maximum absolute atomic E-state index is 12.2. The third kappa shape index (κ3) is 2.64. The summed E-state index contributed by atoms with van der Waals surface area (Å²) >= 11 is 0. The zero-order valence-corrected chi connectivity index (χ0v) is 11.9. The summed E-state index contributed by atoms with van der Waals surface area (Å²) in [5.74, 6) is -0.131. The number of rotatable bonds is 4. The summed E-state index contributed by atoms with van der Waals surface area (Å²) in [6.45, 7) is 5.43. The third-order valence-electron chi connectivity index (χ3n) is 4.14. The van der Waals surface area contributed by atoms with Gasteiger partial charge in [0.25, 0.3) is 0 Å². The number of nitrogens with zero attached hydrogens (tertiary/aromatic N) is 1. The molecule has 1 atom stereocenters. The van der Waals surface area contributed by atoms with Gasteiger partial charge in [-0.3, -0.25) is 9.69 Å². The average molecular weight is 277 g/mol. The van der Waals surface area contributed by atoms with Gasteiger partial charge in [-0.25, -0.2) is 0 Å². The van der Waals surface area contributed by atoms with Crippen LogP contribution in [0.5, 0.6) is 5.75 Å². The van der Waals surface area contributed by atoms with Crippen molar-refractivity contribution in [3.8, 4) is 5.75 Å². The summed E-state index contributed by atoms with van der Waals surface area (Å²) in [5.41, 5.74) is 5.83. The molecule has 1 unspecified atom stereocenters. The van der Waals surface area contributed by atoms with Gasteiger partial charge in [-0.1, -0.05) is 19.1 Å². The number of benzene rings is 1. The van der Waals surface area contributed by atoms with Gasteiger partial charge < -0.3 is 16.2 Å². The number of nitrogens with two attached hydrogens (primary N) is 1. The van der Waals surface area contributed by atoms with Crippen molar-refractivity contribution in [1.29, 1.82) is 0 Å². The Kier molecular flexibility index (Phi) is 4.62. The fourth-order valence-electron chi connectivity index (χ4n) is 3.05. The molecule has 1 aromatic rings. The van der Waals surface area contributed by atoms with Crippen molar-refractivity contribution in [2.24, 2.45) is 5.73 Å². The first-order valence-corrected chi connectivity index (χ1v) is 7.16. The first-order valence-electron chi connectivity index (χ1n) is 7.16. The Morgan fingerprint density at radius 3 is 2.65 bits per heavy atom. The van der Waals surface area contributed by atoms with Crippen molar-refractivity contribution in [2.75, 3.05) is 26.2 Å². The molecule has 0 radical (unpaired) electrons. The molecule has 0 bridgehead atoms. The van der Waals surface area contributed by atoms with Crippen molar-refractivity contribution in [2.45, 2.75) is 25.3 Å². The summed E-state index contributed by atoms with van der Waals surface area (Å²) in [7, 11) is 0. The number of aromatic hydroxyl groups is 1. The first-order chi connectivity index (χ1) is 9.61. The molecule has 0 aromatic heterocycles. The van der Waals surface area contributed by atoms with Gasteiger partial charge >= 0.3 is 0 Å². The number of phenolic OH excluding ortho intramolecular Hbond substituents is 1. The molecule has 1 saturated heterocycles. The number of amides is 1. The SMILES string of the molecule is CCC(C(N)=O)(c1ccc(O)cc1)N1CCCNCC1. The maximum Gasteiger partial charge on any atom is 0.242 e. The Balaban J connectivity index is 2.43. The normalized spacial score (nSPS) is 20.1.